The Hall–Kier alpha value is -1.40. The van der Waals surface area contributed by atoms with Gasteiger partial charge in [-0.15, -0.1) is 0 Å². The zero-order valence-electron chi connectivity index (χ0n) is 13.0. The van der Waals surface area contributed by atoms with E-state index in [0.29, 0.717) is 12.3 Å². The van der Waals surface area contributed by atoms with E-state index >= 15 is 0 Å². The molecule has 1 aromatic rings. The van der Waals surface area contributed by atoms with Crippen LogP contribution < -0.4 is 4.72 Å². The number of esters is 1. The zero-order valence-corrected chi connectivity index (χ0v) is 13.8. The fourth-order valence-corrected chi connectivity index (χ4v) is 3.71. The van der Waals surface area contributed by atoms with Crippen molar-refractivity contribution in [1.82, 2.24) is 4.72 Å². The standard InChI is InChI=1S/C16H23NO4S/c1-12(10-16(18)21-2)22(19,20)17-15(14-8-9-14)11-13-6-4-3-5-7-13/h3-7,12,14-15,17H,8-11H2,1-2H3. The predicted octanol–water partition coefficient (Wildman–Crippen LogP) is 1.88. The summed E-state index contributed by atoms with van der Waals surface area (Å²) in [6, 6.07) is 9.75. The van der Waals surface area contributed by atoms with Gasteiger partial charge >= 0.3 is 5.97 Å². The van der Waals surface area contributed by atoms with Crippen LogP contribution in [0.4, 0.5) is 0 Å². The number of sulfonamides is 1. The summed E-state index contributed by atoms with van der Waals surface area (Å²) in [7, 11) is -2.28. The first-order chi connectivity index (χ1) is 10.4. The zero-order chi connectivity index (χ0) is 16.2. The fourth-order valence-electron chi connectivity index (χ4n) is 2.43. The summed E-state index contributed by atoms with van der Waals surface area (Å²) in [5.74, 6) is -0.121. The van der Waals surface area contributed by atoms with E-state index in [1.165, 1.54) is 14.0 Å². The highest BCUT2D eigenvalue weighted by Gasteiger charge is 2.35. The number of benzene rings is 1. The predicted molar refractivity (Wildman–Crippen MR) is 84.8 cm³/mol. The molecule has 0 heterocycles. The molecule has 2 atom stereocenters. The van der Waals surface area contributed by atoms with Crippen molar-refractivity contribution in [2.24, 2.45) is 5.92 Å². The summed E-state index contributed by atoms with van der Waals surface area (Å²) in [5.41, 5.74) is 1.11. The molecule has 0 aromatic heterocycles. The molecule has 1 aliphatic rings. The summed E-state index contributed by atoms with van der Waals surface area (Å²) < 4.78 is 32.1. The van der Waals surface area contributed by atoms with Crippen LogP contribution in [0.1, 0.15) is 31.7 Å². The monoisotopic (exact) mass is 325 g/mol. The average molecular weight is 325 g/mol. The third kappa shape index (κ3) is 4.81. The number of ether oxygens (including phenoxy) is 1. The number of hydrogen-bond donors (Lipinski definition) is 1. The van der Waals surface area contributed by atoms with Gasteiger partial charge in [-0.05, 0) is 37.7 Å². The normalized spacial score (nSPS) is 17.7. The highest BCUT2D eigenvalue weighted by atomic mass is 32.2. The molecule has 0 spiro atoms. The molecule has 1 saturated carbocycles. The molecule has 0 aliphatic heterocycles. The number of rotatable bonds is 8. The summed E-state index contributed by atoms with van der Waals surface area (Å²) in [4.78, 5) is 11.3. The maximum absolute atomic E-state index is 12.4. The maximum atomic E-state index is 12.4. The molecule has 2 rings (SSSR count). The van der Waals surface area contributed by atoms with Gasteiger partial charge in [-0.25, -0.2) is 13.1 Å². The van der Waals surface area contributed by atoms with Gasteiger partial charge in [-0.2, -0.15) is 0 Å². The summed E-state index contributed by atoms with van der Waals surface area (Å²) in [6.07, 6.45) is 2.64. The van der Waals surface area contributed by atoms with Crippen molar-refractivity contribution in [2.75, 3.05) is 7.11 Å². The number of nitrogens with one attached hydrogen (secondary N) is 1. The van der Waals surface area contributed by atoms with Gasteiger partial charge < -0.3 is 4.74 Å². The van der Waals surface area contributed by atoms with Crippen molar-refractivity contribution < 1.29 is 17.9 Å². The van der Waals surface area contributed by atoms with Crippen molar-refractivity contribution in [1.29, 1.82) is 0 Å². The number of hydrogen-bond acceptors (Lipinski definition) is 4. The van der Waals surface area contributed by atoms with E-state index in [-0.39, 0.29) is 12.5 Å². The average Bonchev–Trinajstić information content (AvgIpc) is 3.32. The van der Waals surface area contributed by atoms with Crippen LogP contribution >= 0.6 is 0 Å². The second kappa shape index (κ2) is 7.24. The van der Waals surface area contributed by atoms with Gasteiger partial charge in [-0.1, -0.05) is 30.3 Å². The van der Waals surface area contributed by atoms with E-state index in [1.807, 2.05) is 30.3 Å². The molecule has 1 fully saturated rings. The molecule has 1 aliphatic carbocycles. The SMILES string of the molecule is COC(=O)CC(C)S(=O)(=O)NC(Cc1ccccc1)C1CC1. The van der Waals surface area contributed by atoms with Crippen LogP contribution in [0.15, 0.2) is 30.3 Å². The third-order valence-corrected chi connectivity index (χ3v) is 5.87. The molecule has 6 heteroatoms. The molecular formula is C16H23NO4S. The third-order valence-electron chi connectivity index (χ3n) is 4.02. The van der Waals surface area contributed by atoms with Crippen LogP contribution in [0.3, 0.4) is 0 Å². The molecular weight excluding hydrogens is 302 g/mol. The molecule has 0 saturated heterocycles. The second-order valence-electron chi connectivity index (χ2n) is 5.89. The van der Waals surface area contributed by atoms with Crippen LogP contribution in [-0.2, 0) is 26.0 Å². The summed E-state index contributed by atoms with van der Waals surface area (Å²) in [6.45, 7) is 1.53. The van der Waals surface area contributed by atoms with Gasteiger partial charge in [0.1, 0.15) is 0 Å². The fraction of sp³-hybridized carbons (Fsp3) is 0.562. The largest absolute Gasteiger partial charge is 0.469 e. The van der Waals surface area contributed by atoms with Crippen LogP contribution in [0, 0.1) is 5.92 Å². The Morgan fingerprint density at radius 2 is 1.95 bits per heavy atom. The molecule has 0 bridgehead atoms. The molecule has 22 heavy (non-hydrogen) atoms. The van der Waals surface area contributed by atoms with E-state index in [2.05, 4.69) is 9.46 Å². The minimum absolute atomic E-state index is 0.104. The second-order valence-corrected chi connectivity index (χ2v) is 8.02. The number of methoxy groups -OCH3 is 1. The molecule has 122 valence electrons. The molecule has 0 amide bonds. The van der Waals surface area contributed by atoms with Crippen LogP contribution in [0.25, 0.3) is 0 Å². The van der Waals surface area contributed by atoms with Crippen molar-refractivity contribution in [3.63, 3.8) is 0 Å². The number of carbonyl (C=O) groups excluding carboxylic acids is 1. The Labute approximate surface area is 132 Å². The van der Waals surface area contributed by atoms with Gasteiger partial charge in [0.15, 0.2) is 0 Å². The first-order valence-electron chi connectivity index (χ1n) is 7.54. The van der Waals surface area contributed by atoms with Gasteiger partial charge in [0.05, 0.1) is 18.8 Å². The molecule has 2 unspecified atom stereocenters. The van der Waals surface area contributed by atoms with E-state index < -0.39 is 21.2 Å². The summed E-state index contributed by atoms with van der Waals surface area (Å²) in [5, 5.41) is -0.794. The van der Waals surface area contributed by atoms with Gasteiger partial charge in [0.2, 0.25) is 10.0 Å². The minimum atomic E-state index is -3.54. The highest BCUT2D eigenvalue weighted by molar-refractivity contribution is 7.90. The Bertz CT molecular complexity index is 596. The molecule has 1 N–H and O–H groups in total. The minimum Gasteiger partial charge on any atom is -0.469 e. The van der Waals surface area contributed by atoms with Gasteiger partial charge in [0, 0.05) is 6.04 Å². The van der Waals surface area contributed by atoms with E-state index in [1.54, 1.807) is 0 Å². The topological polar surface area (TPSA) is 72.5 Å². The van der Waals surface area contributed by atoms with Crippen molar-refractivity contribution in [2.45, 2.75) is 43.9 Å². The van der Waals surface area contributed by atoms with Gasteiger partial charge in [-0.3, -0.25) is 4.79 Å². The Morgan fingerprint density at radius 1 is 1.32 bits per heavy atom. The van der Waals surface area contributed by atoms with Crippen molar-refractivity contribution >= 4 is 16.0 Å². The van der Waals surface area contributed by atoms with Crippen LogP contribution in [0.5, 0.6) is 0 Å². The quantitative estimate of drug-likeness (QED) is 0.741. The lowest BCUT2D eigenvalue weighted by molar-refractivity contribution is -0.140. The van der Waals surface area contributed by atoms with Gasteiger partial charge in [0.25, 0.3) is 0 Å². The Balaban J connectivity index is 2.02. The van der Waals surface area contributed by atoms with E-state index in [9.17, 15) is 13.2 Å². The maximum Gasteiger partial charge on any atom is 0.306 e. The van der Waals surface area contributed by atoms with Crippen molar-refractivity contribution in [3.05, 3.63) is 35.9 Å². The Kier molecular flexibility index (Phi) is 5.58. The molecule has 0 radical (unpaired) electrons. The summed E-state index contributed by atoms with van der Waals surface area (Å²) >= 11 is 0. The Morgan fingerprint density at radius 3 is 2.50 bits per heavy atom. The first-order valence-corrected chi connectivity index (χ1v) is 9.09. The molecule has 5 nitrogen and oxygen atoms in total. The lowest BCUT2D eigenvalue weighted by Gasteiger charge is -2.21. The smallest absolute Gasteiger partial charge is 0.306 e. The van der Waals surface area contributed by atoms with Crippen molar-refractivity contribution in [3.8, 4) is 0 Å². The molecule has 1 aromatic carbocycles. The van der Waals surface area contributed by atoms with Crippen LogP contribution in [0.2, 0.25) is 0 Å². The van der Waals surface area contributed by atoms with E-state index in [4.69, 9.17) is 0 Å². The first kappa shape index (κ1) is 17.0. The highest BCUT2D eigenvalue weighted by Crippen LogP contribution is 2.34. The van der Waals surface area contributed by atoms with Crippen LogP contribution in [-0.4, -0.2) is 32.8 Å². The lowest BCUT2D eigenvalue weighted by atomic mass is 10.0. The number of carbonyl (C=O) groups is 1. The van der Waals surface area contributed by atoms with E-state index in [0.717, 1.165) is 18.4 Å². The lowest BCUT2D eigenvalue weighted by Crippen LogP contribution is -2.43.